The molecule has 3 aromatic rings. The lowest BCUT2D eigenvalue weighted by Crippen LogP contribution is -2.62. The summed E-state index contributed by atoms with van der Waals surface area (Å²) in [6.45, 7) is 19.8. The van der Waals surface area contributed by atoms with E-state index in [4.69, 9.17) is 19.2 Å². The van der Waals surface area contributed by atoms with E-state index in [1.54, 1.807) is 32.5 Å². The quantitative estimate of drug-likeness (QED) is 0.101. The summed E-state index contributed by atoms with van der Waals surface area (Å²) < 4.78 is 20.3. The number of nitrogens with one attached hydrogen (secondary N) is 2. The Labute approximate surface area is 396 Å². The molecule has 2 fully saturated rings. The number of cyclic esters (lactones) is 1. The van der Waals surface area contributed by atoms with Gasteiger partial charge in [0.2, 0.25) is 5.91 Å². The fourth-order valence-electron chi connectivity index (χ4n) is 9.96. The van der Waals surface area contributed by atoms with Gasteiger partial charge >= 0.3 is 5.97 Å². The van der Waals surface area contributed by atoms with Gasteiger partial charge in [-0.15, -0.1) is 0 Å². The molecular formula is C52H73N7O8. The topological polar surface area (TPSA) is 167 Å². The van der Waals surface area contributed by atoms with E-state index >= 15 is 0 Å². The Morgan fingerprint density at radius 3 is 2.49 bits per heavy atom. The summed E-state index contributed by atoms with van der Waals surface area (Å²) in [6.07, 6.45) is 5.23. The Kier molecular flexibility index (Phi) is 16.6. The van der Waals surface area contributed by atoms with Crippen molar-refractivity contribution >= 4 is 46.4 Å². The van der Waals surface area contributed by atoms with Gasteiger partial charge in [0, 0.05) is 68.3 Å². The second kappa shape index (κ2) is 21.7. The number of phenols is 1. The third kappa shape index (κ3) is 11.5. The zero-order valence-corrected chi connectivity index (χ0v) is 41.5. The van der Waals surface area contributed by atoms with Crippen LogP contribution in [0.5, 0.6) is 5.75 Å². The summed E-state index contributed by atoms with van der Waals surface area (Å²) in [5, 5.41) is 16.7. The lowest BCUT2D eigenvalue weighted by molar-refractivity contribution is -0.155. The van der Waals surface area contributed by atoms with Gasteiger partial charge in [0.15, 0.2) is 0 Å². The first-order valence-corrected chi connectivity index (χ1v) is 23.8. The standard InChI is InChI=1S/C52H73N7O8/c1-13-38(45(53-14-2)32(6)65-12)47-40-28-52(7,8)30-66-51(64)41-17-16-22-59(55-41)49(62)42(25-33-23-35(26-36(60)24-33)34-18-20-43(39(40)27-34)58(47)15-3)54-48(61)46(31(4)5)57(11)50(63)44-21-19-37(67-44)29-56(9)10/h13-14,18,20,23-24,26-27,31-32,37,41-42,44,46,55,60H,1,15-17,19,21-22,25,28-30H2,2-12H3,(H,54,61)/b45-38+,53-14?/t32-,37-,41-,42-,44+,46-/m0/s1. The maximum Gasteiger partial charge on any atom is 0.324 e. The minimum atomic E-state index is -1.15. The van der Waals surface area contributed by atoms with Crippen molar-refractivity contribution in [1.29, 1.82) is 0 Å². The fraction of sp³-hybridized carbons (Fsp3) is 0.558. The number of fused-ring (bicyclic) bond motifs is 6. The average Bonchev–Trinajstić information content (AvgIpc) is 3.87. The van der Waals surface area contributed by atoms with E-state index in [-0.39, 0.29) is 49.4 Å². The third-order valence-electron chi connectivity index (χ3n) is 13.2. The lowest BCUT2D eigenvalue weighted by Gasteiger charge is -2.37. The molecule has 0 spiro atoms. The van der Waals surface area contributed by atoms with E-state index in [1.165, 1.54) is 9.91 Å². The molecule has 67 heavy (non-hydrogen) atoms. The number of carbonyl (C=O) groups excluding carboxylic acids is 4. The van der Waals surface area contributed by atoms with Gasteiger partial charge < -0.3 is 39.0 Å². The molecule has 0 aliphatic carbocycles. The van der Waals surface area contributed by atoms with Crippen LogP contribution < -0.4 is 10.7 Å². The predicted octanol–water partition coefficient (Wildman–Crippen LogP) is 6.30. The summed E-state index contributed by atoms with van der Waals surface area (Å²) >= 11 is 0. The van der Waals surface area contributed by atoms with Crippen LogP contribution in [-0.2, 0) is 52.8 Å². The SMILES string of the molecule is C=C/C(=C(\N=CC)[C@H](C)OC)c1c2c3cc(ccc3n1CC)-c1cc(O)cc(c1)C[C@H](NC(=O)[C@H](C(C)C)N(C)C(=O)[C@H]1CC[C@@H](CN(C)C)O1)C(=O)N1CCC[C@H](N1)C(=O)OCC(C)(C)C2. The zero-order chi connectivity index (χ0) is 48.9. The number of aromatic hydroxyl groups is 1. The molecule has 4 heterocycles. The molecule has 0 unspecified atom stereocenters. The Morgan fingerprint density at radius 1 is 1.09 bits per heavy atom. The van der Waals surface area contributed by atoms with E-state index < -0.39 is 47.4 Å². The summed E-state index contributed by atoms with van der Waals surface area (Å²) in [5.74, 6) is -2.05. The zero-order valence-electron chi connectivity index (χ0n) is 41.5. The normalized spacial score (nSPS) is 22.7. The van der Waals surface area contributed by atoms with Crippen molar-refractivity contribution in [2.24, 2.45) is 16.3 Å². The number of ether oxygens (including phenoxy) is 3. The molecule has 15 nitrogen and oxygen atoms in total. The first-order chi connectivity index (χ1) is 31.8. The monoisotopic (exact) mass is 924 g/mol. The second-order valence-corrected chi connectivity index (χ2v) is 19.7. The molecule has 3 N–H and O–H groups in total. The van der Waals surface area contributed by atoms with Crippen molar-refractivity contribution in [2.75, 3.05) is 47.9 Å². The van der Waals surface area contributed by atoms with Crippen molar-refractivity contribution < 1.29 is 38.5 Å². The van der Waals surface area contributed by atoms with Gasteiger partial charge in [0.25, 0.3) is 11.8 Å². The molecular weight excluding hydrogens is 851 g/mol. The third-order valence-corrected chi connectivity index (χ3v) is 13.2. The number of hydrazine groups is 1. The van der Waals surface area contributed by atoms with E-state index in [0.29, 0.717) is 44.3 Å². The summed E-state index contributed by atoms with van der Waals surface area (Å²) in [6, 6.07) is 8.56. The number of aliphatic imine (C=N–C) groups is 1. The number of likely N-dealkylation sites (N-methyl/N-ethyl adjacent to an activating group) is 2. The Hall–Kier alpha value is -5.35. The molecule has 3 amide bonds. The summed E-state index contributed by atoms with van der Waals surface area (Å²) in [5.41, 5.74) is 9.22. The van der Waals surface area contributed by atoms with Crippen LogP contribution in [-0.4, -0.2) is 139 Å². The molecule has 15 heteroatoms. The van der Waals surface area contributed by atoms with E-state index in [2.05, 4.69) is 54.8 Å². The Bertz CT molecular complexity index is 2380. The number of allylic oxidation sites excluding steroid dienone is 2. The molecule has 6 rings (SSSR count). The van der Waals surface area contributed by atoms with Crippen LogP contribution in [0.25, 0.3) is 27.6 Å². The average molecular weight is 924 g/mol. The summed E-state index contributed by atoms with van der Waals surface area (Å²) in [4.78, 5) is 65.4. The number of hydrogen-bond donors (Lipinski definition) is 3. The minimum absolute atomic E-state index is 0.00361. The highest BCUT2D eigenvalue weighted by molar-refractivity contribution is 5.96. The van der Waals surface area contributed by atoms with Gasteiger partial charge in [-0.05, 0) is 119 Å². The first kappa shape index (κ1) is 51.0. The maximum atomic E-state index is 14.7. The minimum Gasteiger partial charge on any atom is -0.508 e. The van der Waals surface area contributed by atoms with Crippen LogP contribution in [0.4, 0.5) is 0 Å². The Balaban J connectivity index is 1.46. The molecule has 364 valence electrons. The van der Waals surface area contributed by atoms with Crippen LogP contribution in [0.3, 0.4) is 0 Å². The largest absolute Gasteiger partial charge is 0.508 e. The lowest BCUT2D eigenvalue weighted by atomic mass is 9.84. The molecule has 6 bridgehead atoms. The number of amides is 3. The molecule has 2 aromatic carbocycles. The molecule has 3 aliphatic heterocycles. The first-order valence-electron chi connectivity index (χ1n) is 23.8. The highest BCUT2D eigenvalue weighted by Crippen LogP contribution is 2.41. The molecule has 2 saturated heterocycles. The number of nitrogens with zero attached hydrogens (tertiary/aromatic N) is 5. The molecule has 0 radical (unpaired) electrons. The van der Waals surface area contributed by atoms with Crippen LogP contribution >= 0.6 is 0 Å². The van der Waals surface area contributed by atoms with Gasteiger partial charge in [-0.1, -0.05) is 52.5 Å². The maximum absolute atomic E-state index is 14.7. The number of hydrogen-bond acceptors (Lipinski definition) is 11. The smallest absolute Gasteiger partial charge is 0.324 e. The van der Waals surface area contributed by atoms with Gasteiger partial charge in [0.05, 0.1) is 30.2 Å². The van der Waals surface area contributed by atoms with Crippen molar-refractivity contribution in [2.45, 2.75) is 130 Å². The van der Waals surface area contributed by atoms with Crippen LogP contribution in [0, 0.1) is 11.3 Å². The number of methoxy groups -OCH3 is 1. The van der Waals surface area contributed by atoms with E-state index in [0.717, 1.165) is 51.0 Å². The molecule has 6 atom stereocenters. The van der Waals surface area contributed by atoms with Gasteiger partial charge in [-0.3, -0.25) is 29.2 Å². The van der Waals surface area contributed by atoms with Crippen LogP contribution in [0.15, 0.2) is 59.7 Å². The van der Waals surface area contributed by atoms with Gasteiger partial charge in [0.1, 0.15) is 30.0 Å². The number of aromatic nitrogens is 1. The number of phenolic OH excluding ortho intramolecular Hbond substituents is 1. The fourth-order valence-corrected chi connectivity index (χ4v) is 9.96. The van der Waals surface area contributed by atoms with Crippen molar-refractivity contribution in [3.05, 3.63) is 71.6 Å². The molecule has 0 saturated carbocycles. The van der Waals surface area contributed by atoms with E-state index in [1.807, 2.05) is 64.9 Å². The highest BCUT2D eigenvalue weighted by atomic mass is 16.5. The Morgan fingerprint density at radius 2 is 1.84 bits per heavy atom. The van der Waals surface area contributed by atoms with Gasteiger partial charge in [-0.2, -0.15) is 0 Å². The number of carbonyl (C=O) groups is 4. The summed E-state index contributed by atoms with van der Waals surface area (Å²) in [7, 11) is 7.19. The van der Waals surface area contributed by atoms with Crippen LogP contribution in [0.1, 0.15) is 91.0 Å². The number of esters is 1. The molecule has 3 aliphatic rings. The van der Waals surface area contributed by atoms with Crippen molar-refractivity contribution in [1.82, 2.24) is 30.1 Å². The van der Waals surface area contributed by atoms with Crippen LogP contribution in [0.2, 0.25) is 0 Å². The van der Waals surface area contributed by atoms with E-state index in [9.17, 15) is 24.3 Å². The highest BCUT2D eigenvalue weighted by Gasteiger charge is 2.40. The number of aryl methyl sites for hydroxylation is 1. The molecule has 1 aromatic heterocycles. The van der Waals surface area contributed by atoms with Crippen molar-refractivity contribution in [3.8, 4) is 16.9 Å². The predicted molar refractivity (Wildman–Crippen MR) is 262 cm³/mol. The number of benzene rings is 2. The number of rotatable bonds is 13. The van der Waals surface area contributed by atoms with Crippen molar-refractivity contribution in [3.63, 3.8) is 0 Å². The van der Waals surface area contributed by atoms with Gasteiger partial charge in [-0.25, -0.2) is 5.43 Å². The second-order valence-electron chi connectivity index (χ2n) is 19.7.